The summed E-state index contributed by atoms with van der Waals surface area (Å²) in [4.78, 5) is 4.46. The first-order valence-electron chi connectivity index (χ1n) is 6.87. The lowest BCUT2D eigenvalue weighted by Crippen LogP contribution is -2.03. The molecule has 0 bridgehead atoms. The Balaban J connectivity index is 1.92. The maximum atomic E-state index is 5.71. The molecule has 4 nitrogen and oxygen atoms in total. The van der Waals surface area contributed by atoms with Crippen molar-refractivity contribution in [1.29, 1.82) is 0 Å². The third kappa shape index (κ3) is 4.16. The van der Waals surface area contributed by atoms with Gasteiger partial charge in [-0.1, -0.05) is 6.07 Å². The van der Waals surface area contributed by atoms with E-state index >= 15 is 0 Å². The SMILES string of the molecule is CCNc1cccc(COc2ccc(OCC)cc2)n1. The van der Waals surface area contributed by atoms with E-state index in [1.54, 1.807) is 0 Å². The van der Waals surface area contributed by atoms with Crippen molar-refractivity contribution >= 4 is 5.82 Å². The maximum Gasteiger partial charge on any atom is 0.130 e. The van der Waals surface area contributed by atoms with E-state index in [0.717, 1.165) is 29.6 Å². The zero-order valence-corrected chi connectivity index (χ0v) is 11.9. The predicted octanol–water partition coefficient (Wildman–Crippen LogP) is 3.49. The number of anilines is 1. The minimum Gasteiger partial charge on any atom is -0.494 e. The summed E-state index contributed by atoms with van der Waals surface area (Å²) in [7, 11) is 0. The summed E-state index contributed by atoms with van der Waals surface area (Å²) in [6.07, 6.45) is 0. The topological polar surface area (TPSA) is 43.4 Å². The first-order valence-corrected chi connectivity index (χ1v) is 6.87. The van der Waals surface area contributed by atoms with Crippen molar-refractivity contribution in [1.82, 2.24) is 4.98 Å². The number of pyridine rings is 1. The maximum absolute atomic E-state index is 5.71. The molecule has 0 aliphatic heterocycles. The second kappa shape index (κ2) is 7.38. The van der Waals surface area contributed by atoms with Crippen LogP contribution in [0.25, 0.3) is 0 Å². The highest BCUT2D eigenvalue weighted by Crippen LogP contribution is 2.18. The van der Waals surface area contributed by atoms with Crippen LogP contribution in [0, 0.1) is 0 Å². The van der Waals surface area contributed by atoms with Crippen molar-refractivity contribution in [3.05, 3.63) is 48.2 Å². The number of aromatic nitrogens is 1. The summed E-state index contributed by atoms with van der Waals surface area (Å²) in [5.41, 5.74) is 0.900. The lowest BCUT2D eigenvalue weighted by atomic mass is 10.3. The summed E-state index contributed by atoms with van der Waals surface area (Å²) in [5.74, 6) is 2.54. The molecule has 0 amide bonds. The van der Waals surface area contributed by atoms with Gasteiger partial charge in [-0.2, -0.15) is 0 Å². The molecule has 106 valence electrons. The van der Waals surface area contributed by atoms with Gasteiger partial charge in [-0.25, -0.2) is 4.98 Å². The van der Waals surface area contributed by atoms with Crippen LogP contribution in [-0.4, -0.2) is 18.1 Å². The van der Waals surface area contributed by atoms with E-state index < -0.39 is 0 Å². The molecule has 0 unspecified atom stereocenters. The van der Waals surface area contributed by atoms with Gasteiger partial charge in [-0.3, -0.25) is 0 Å². The Morgan fingerprint density at radius 3 is 2.30 bits per heavy atom. The van der Waals surface area contributed by atoms with E-state index in [0.29, 0.717) is 13.2 Å². The Hall–Kier alpha value is -2.23. The van der Waals surface area contributed by atoms with E-state index in [2.05, 4.69) is 10.3 Å². The van der Waals surface area contributed by atoms with E-state index in [1.165, 1.54) is 0 Å². The van der Waals surface area contributed by atoms with Gasteiger partial charge in [0.15, 0.2) is 0 Å². The number of nitrogens with one attached hydrogen (secondary N) is 1. The highest BCUT2D eigenvalue weighted by atomic mass is 16.5. The Morgan fingerprint density at radius 2 is 1.65 bits per heavy atom. The van der Waals surface area contributed by atoms with E-state index in [-0.39, 0.29) is 0 Å². The van der Waals surface area contributed by atoms with Crippen LogP contribution in [0.4, 0.5) is 5.82 Å². The highest BCUT2D eigenvalue weighted by Gasteiger charge is 2.00. The van der Waals surface area contributed by atoms with Crippen molar-refractivity contribution in [3.63, 3.8) is 0 Å². The van der Waals surface area contributed by atoms with Gasteiger partial charge >= 0.3 is 0 Å². The molecule has 1 heterocycles. The number of benzene rings is 1. The Labute approximate surface area is 119 Å². The summed E-state index contributed by atoms with van der Waals surface area (Å²) in [6.45, 7) is 5.99. The van der Waals surface area contributed by atoms with E-state index in [9.17, 15) is 0 Å². The number of ether oxygens (including phenoxy) is 2. The second-order valence-electron chi connectivity index (χ2n) is 4.24. The van der Waals surface area contributed by atoms with Gasteiger partial charge in [0.1, 0.15) is 23.9 Å². The van der Waals surface area contributed by atoms with Crippen LogP contribution in [-0.2, 0) is 6.61 Å². The van der Waals surface area contributed by atoms with Crippen LogP contribution in [0.15, 0.2) is 42.5 Å². The normalized spacial score (nSPS) is 10.1. The number of hydrogen-bond acceptors (Lipinski definition) is 4. The van der Waals surface area contributed by atoms with Crippen LogP contribution in [0.3, 0.4) is 0 Å². The molecule has 4 heteroatoms. The molecule has 0 saturated heterocycles. The van der Waals surface area contributed by atoms with Gasteiger partial charge in [0.05, 0.1) is 12.3 Å². The number of hydrogen-bond donors (Lipinski definition) is 1. The number of rotatable bonds is 7. The number of nitrogens with zero attached hydrogens (tertiary/aromatic N) is 1. The van der Waals surface area contributed by atoms with Crippen molar-refractivity contribution in [2.45, 2.75) is 20.5 Å². The minimum atomic E-state index is 0.452. The molecule has 1 N–H and O–H groups in total. The lowest BCUT2D eigenvalue weighted by Gasteiger charge is -2.08. The molecular formula is C16H20N2O2. The molecule has 0 fully saturated rings. The molecule has 2 rings (SSSR count). The minimum absolute atomic E-state index is 0.452. The van der Waals surface area contributed by atoms with Gasteiger partial charge in [0.2, 0.25) is 0 Å². The fourth-order valence-electron chi connectivity index (χ4n) is 1.80. The lowest BCUT2D eigenvalue weighted by molar-refractivity contribution is 0.299. The van der Waals surface area contributed by atoms with Crippen LogP contribution in [0.2, 0.25) is 0 Å². The van der Waals surface area contributed by atoms with Gasteiger partial charge in [-0.05, 0) is 50.2 Å². The third-order valence-electron chi connectivity index (χ3n) is 2.69. The molecule has 0 spiro atoms. The molecule has 0 aliphatic carbocycles. The molecule has 20 heavy (non-hydrogen) atoms. The van der Waals surface area contributed by atoms with Gasteiger partial charge in [0.25, 0.3) is 0 Å². The molecule has 2 aromatic rings. The summed E-state index contributed by atoms with van der Waals surface area (Å²) in [6, 6.07) is 13.5. The van der Waals surface area contributed by atoms with Crippen molar-refractivity contribution in [2.75, 3.05) is 18.5 Å². The standard InChI is InChI=1S/C16H20N2O2/c1-3-17-16-7-5-6-13(18-16)12-20-15-10-8-14(9-11-15)19-4-2/h5-11H,3-4,12H2,1-2H3,(H,17,18). The van der Waals surface area contributed by atoms with Crippen LogP contribution in [0.1, 0.15) is 19.5 Å². The van der Waals surface area contributed by atoms with Crippen LogP contribution >= 0.6 is 0 Å². The average molecular weight is 272 g/mol. The predicted molar refractivity (Wildman–Crippen MR) is 80.3 cm³/mol. The third-order valence-corrected chi connectivity index (χ3v) is 2.69. The molecule has 0 radical (unpaired) electrons. The Morgan fingerprint density at radius 1 is 0.950 bits per heavy atom. The molecule has 1 aromatic carbocycles. The summed E-state index contributed by atoms with van der Waals surface area (Å²) in [5, 5.41) is 3.18. The Kier molecular flexibility index (Phi) is 5.24. The van der Waals surface area contributed by atoms with Crippen molar-refractivity contribution in [3.8, 4) is 11.5 Å². The van der Waals surface area contributed by atoms with Crippen molar-refractivity contribution < 1.29 is 9.47 Å². The smallest absolute Gasteiger partial charge is 0.130 e. The van der Waals surface area contributed by atoms with E-state index in [4.69, 9.17) is 9.47 Å². The van der Waals surface area contributed by atoms with Gasteiger partial charge in [-0.15, -0.1) is 0 Å². The fraction of sp³-hybridized carbons (Fsp3) is 0.312. The molecule has 0 saturated carbocycles. The first-order chi connectivity index (χ1) is 9.81. The quantitative estimate of drug-likeness (QED) is 0.838. The summed E-state index contributed by atoms with van der Waals surface area (Å²) >= 11 is 0. The zero-order chi connectivity index (χ0) is 14.2. The highest BCUT2D eigenvalue weighted by molar-refractivity contribution is 5.35. The monoisotopic (exact) mass is 272 g/mol. The molecular weight excluding hydrogens is 252 g/mol. The molecule has 0 aliphatic rings. The largest absolute Gasteiger partial charge is 0.494 e. The van der Waals surface area contributed by atoms with E-state index in [1.807, 2.05) is 56.3 Å². The average Bonchev–Trinajstić information content (AvgIpc) is 2.48. The van der Waals surface area contributed by atoms with Crippen molar-refractivity contribution in [2.24, 2.45) is 0 Å². The Bertz CT molecular complexity index is 526. The van der Waals surface area contributed by atoms with Gasteiger partial charge < -0.3 is 14.8 Å². The van der Waals surface area contributed by atoms with Gasteiger partial charge in [0, 0.05) is 6.54 Å². The van der Waals surface area contributed by atoms with Crippen LogP contribution < -0.4 is 14.8 Å². The summed E-state index contributed by atoms with van der Waals surface area (Å²) < 4.78 is 11.1. The fourth-order valence-corrected chi connectivity index (χ4v) is 1.80. The second-order valence-corrected chi connectivity index (χ2v) is 4.24. The molecule has 1 aromatic heterocycles. The zero-order valence-electron chi connectivity index (χ0n) is 11.9. The molecule has 0 atom stereocenters. The van der Waals surface area contributed by atoms with Crippen LogP contribution in [0.5, 0.6) is 11.5 Å². The first kappa shape index (κ1) is 14.2.